The minimum Gasteiger partial charge on any atom is -0.267 e. The lowest BCUT2D eigenvalue weighted by molar-refractivity contribution is 0.436. The van der Waals surface area contributed by atoms with E-state index in [1.807, 2.05) is 23.5 Å². The Bertz CT molecular complexity index is 1290. The first kappa shape index (κ1) is 52.6. The van der Waals surface area contributed by atoms with Gasteiger partial charge in [0, 0.05) is 11.5 Å². The smallest absolute Gasteiger partial charge is 0.267 e. The zero-order valence-electron chi connectivity index (χ0n) is 37.5. The van der Waals surface area contributed by atoms with Crippen LogP contribution in [-0.2, 0) is 0 Å². The third kappa shape index (κ3) is 22.6. The molecule has 2 aliphatic heterocycles. The molecule has 2 aliphatic rings. The van der Waals surface area contributed by atoms with Crippen molar-refractivity contribution in [3.63, 3.8) is 0 Å². The Labute approximate surface area is 382 Å². The molecule has 0 spiro atoms. The number of unbranched alkanes of at least 4 members (excludes halogenated alkanes) is 24. The molecule has 0 radical (unpaired) electrons. The van der Waals surface area contributed by atoms with Crippen LogP contribution in [0.3, 0.4) is 0 Å². The van der Waals surface area contributed by atoms with Gasteiger partial charge in [0.15, 0.2) is 0 Å². The van der Waals surface area contributed by atoms with E-state index in [0.717, 1.165) is 16.1 Å². The highest BCUT2D eigenvalue weighted by Crippen LogP contribution is 2.63. The molecule has 0 aliphatic carbocycles. The molecule has 334 valence electrons. The lowest BCUT2D eigenvalue weighted by Crippen LogP contribution is -2.20. The zero-order chi connectivity index (χ0) is 41.5. The summed E-state index contributed by atoms with van der Waals surface area (Å²) in [6.07, 6.45) is 44.2. The molecule has 2 unspecified atom stereocenters. The molecule has 10 heteroatoms. The molecule has 0 fully saturated rings. The summed E-state index contributed by atoms with van der Waals surface area (Å²) in [6, 6.07) is 0. The van der Waals surface area contributed by atoms with Crippen LogP contribution in [0.5, 0.6) is 0 Å². The lowest BCUT2D eigenvalue weighted by Gasteiger charge is -2.18. The number of rotatable bonds is 38. The predicted octanol–water partition coefficient (Wildman–Crippen LogP) is 18.3. The van der Waals surface area contributed by atoms with Crippen LogP contribution in [0.4, 0.5) is 0 Å². The van der Waals surface area contributed by atoms with E-state index >= 15 is 0 Å². The first-order chi connectivity index (χ1) is 28.5. The van der Waals surface area contributed by atoms with Crippen LogP contribution in [-0.4, -0.2) is 21.7 Å². The Morgan fingerprint density at radius 1 is 0.379 bits per heavy atom. The number of aromatic nitrogens is 2. The molecular weight excluding hydrogens is 829 g/mol. The zero-order valence-corrected chi connectivity index (χ0v) is 42.4. The van der Waals surface area contributed by atoms with Gasteiger partial charge >= 0.3 is 0 Å². The molecule has 0 amide bonds. The van der Waals surface area contributed by atoms with E-state index in [1.165, 1.54) is 253 Å². The highest BCUT2D eigenvalue weighted by atomic mass is 32.3. The number of nitrogens with one attached hydrogen (secondary N) is 2. The van der Waals surface area contributed by atoms with E-state index in [4.69, 9.17) is 0 Å². The van der Waals surface area contributed by atoms with Crippen molar-refractivity contribution in [2.75, 3.05) is 11.5 Å². The van der Waals surface area contributed by atoms with Gasteiger partial charge in [0.1, 0.15) is 0 Å². The van der Waals surface area contributed by atoms with Gasteiger partial charge in [0.2, 0.25) is 0 Å². The summed E-state index contributed by atoms with van der Waals surface area (Å²) in [5, 5.41) is 5.09. The predicted molar refractivity (Wildman–Crippen MR) is 271 cm³/mol. The van der Waals surface area contributed by atoms with Crippen LogP contribution in [0.2, 0.25) is 0 Å². The number of fused-ring (bicyclic) bond motifs is 1. The minimum absolute atomic E-state index is 0.190. The highest BCUT2D eigenvalue weighted by Gasteiger charge is 2.32. The Morgan fingerprint density at radius 3 is 0.931 bits per heavy atom. The van der Waals surface area contributed by atoms with E-state index in [2.05, 4.69) is 61.4 Å². The molecule has 0 saturated carbocycles. The Hall–Kier alpha value is 0.260. The van der Waals surface area contributed by atoms with Crippen LogP contribution < -0.4 is 11.1 Å². The number of aromatic amines is 2. The van der Waals surface area contributed by atoms with Gasteiger partial charge in [0.05, 0.1) is 26.7 Å². The molecule has 0 bridgehead atoms. The van der Waals surface area contributed by atoms with Crippen LogP contribution >= 0.6 is 70.6 Å². The lowest BCUT2D eigenvalue weighted by atomic mass is 9.95. The molecule has 2 N–H and O–H groups in total. The SMILES string of the molecule is CCCCCCCCCCC(CCCCCCCC)CSC1=C(SCC(CCCCCCCC)CCCCCCCCCC)SC(=C2Sc3c(c(=O)[nH][nH]c3=O)S2)S1. The summed E-state index contributed by atoms with van der Waals surface area (Å²) in [5.74, 6) is 3.97. The third-order valence-corrected chi connectivity index (χ3v) is 20.9. The summed E-state index contributed by atoms with van der Waals surface area (Å²) in [7, 11) is 0. The summed E-state index contributed by atoms with van der Waals surface area (Å²) in [5.41, 5.74) is -0.380. The van der Waals surface area contributed by atoms with Gasteiger partial charge in [-0.1, -0.05) is 255 Å². The molecule has 1 aromatic heterocycles. The fourth-order valence-corrected chi connectivity index (χ4v) is 17.0. The van der Waals surface area contributed by atoms with Crippen molar-refractivity contribution in [2.45, 2.75) is 243 Å². The van der Waals surface area contributed by atoms with Gasteiger partial charge in [-0.15, -0.1) is 23.5 Å². The molecular formula is C48H84N2O2S6. The van der Waals surface area contributed by atoms with E-state index < -0.39 is 0 Å². The van der Waals surface area contributed by atoms with Gasteiger partial charge in [-0.05, 0) is 37.5 Å². The maximum atomic E-state index is 12.7. The number of H-pyrrole nitrogens is 2. The van der Waals surface area contributed by atoms with Gasteiger partial charge in [-0.2, -0.15) is 0 Å². The van der Waals surface area contributed by atoms with Crippen molar-refractivity contribution in [1.29, 1.82) is 0 Å². The third-order valence-electron chi connectivity index (χ3n) is 11.8. The second-order valence-corrected chi connectivity index (χ2v) is 24.3. The molecule has 58 heavy (non-hydrogen) atoms. The van der Waals surface area contributed by atoms with Crippen molar-refractivity contribution < 1.29 is 0 Å². The van der Waals surface area contributed by atoms with Gasteiger partial charge in [-0.25, -0.2) is 0 Å². The molecule has 3 heterocycles. The Balaban J connectivity index is 1.69. The number of thioether (sulfide) groups is 6. The van der Waals surface area contributed by atoms with Gasteiger partial charge < -0.3 is 0 Å². The minimum atomic E-state index is -0.190. The van der Waals surface area contributed by atoms with Crippen molar-refractivity contribution in [1.82, 2.24) is 10.2 Å². The standard InChI is InChI=1S/C48H84N2O2S6/c1-5-9-13-17-21-23-27-31-35-39(33-29-25-19-15-11-7-3)37-53-45-46(58-48(57-45)47-55-41-42(56-47)44(52)50-49-43(41)51)54-38-40(34-30-26-20-16-12-8-4)36-32-28-24-22-18-14-10-6-2/h39-40H,5-38H2,1-4H3,(H,49,51)(H,50,52). The van der Waals surface area contributed by atoms with Gasteiger partial charge in [0.25, 0.3) is 11.1 Å². The first-order valence-electron chi connectivity index (χ1n) is 24.3. The van der Waals surface area contributed by atoms with Crippen LogP contribution in [0.15, 0.2) is 36.3 Å². The van der Waals surface area contributed by atoms with E-state index in [0.29, 0.717) is 9.79 Å². The van der Waals surface area contributed by atoms with Crippen LogP contribution in [0, 0.1) is 11.8 Å². The number of hydrogen-bond donors (Lipinski definition) is 2. The summed E-state index contributed by atoms with van der Waals surface area (Å²) in [6.45, 7) is 9.24. The molecule has 0 saturated heterocycles. The summed E-state index contributed by atoms with van der Waals surface area (Å²) >= 11 is 11.1. The van der Waals surface area contributed by atoms with Crippen molar-refractivity contribution in [2.24, 2.45) is 11.8 Å². The average molecular weight is 914 g/mol. The van der Waals surface area contributed by atoms with Crippen LogP contribution in [0.25, 0.3) is 0 Å². The molecule has 0 aromatic carbocycles. The number of hydrogen-bond acceptors (Lipinski definition) is 8. The molecule has 3 rings (SSSR count). The monoisotopic (exact) mass is 912 g/mol. The van der Waals surface area contributed by atoms with Crippen molar-refractivity contribution >= 4 is 70.6 Å². The molecule has 4 nitrogen and oxygen atoms in total. The Morgan fingerprint density at radius 2 is 0.638 bits per heavy atom. The normalized spacial score (nSPS) is 15.2. The largest absolute Gasteiger partial charge is 0.277 e. The van der Waals surface area contributed by atoms with Crippen LogP contribution in [0.1, 0.15) is 233 Å². The topological polar surface area (TPSA) is 65.7 Å². The second-order valence-electron chi connectivity index (χ2n) is 17.1. The van der Waals surface area contributed by atoms with Crippen molar-refractivity contribution in [3.05, 3.63) is 37.7 Å². The van der Waals surface area contributed by atoms with E-state index in [-0.39, 0.29) is 11.1 Å². The molecule has 1 aromatic rings. The fraction of sp³-hybridized carbons (Fsp3) is 0.833. The Kier molecular flexibility index (Phi) is 31.5. The van der Waals surface area contributed by atoms with E-state index in [9.17, 15) is 9.59 Å². The highest BCUT2D eigenvalue weighted by molar-refractivity contribution is 8.42. The van der Waals surface area contributed by atoms with Gasteiger partial charge in [-0.3, -0.25) is 19.8 Å². The quantitative estimate of drug-likeness (QED) is 0.0636. The second kappa shape index (κ2) is 34.7. The first-order valence-corrected chi connectivity index (χ1v) is 29.5. The summed E-state index contributed by atoms with van der Waals surface area (Å²) < 4.78 is 5.32. The van der Waals surface area contributed by atoms with Crippen molar-refractivity contribution in [3.8, 4) is 0 Å². The molecule has 2 atom stereocenters. The average Bonchev–Trinajstić information content (AvgIpc) is 3.87. The maximum absolute atomic E-state index is 12.7. The summed E-state index contributed by atoms with van der Waals surface area (Å²) in [4.78, 5) is 26.5. The maximum Gasteiger partial charge on any atom is 0.277 e. The van der Waals surface area contributed by atoms with E-state index in [1.54, 1.807) is 0 Å². The fourth-order valence-electron chi connectivity index (χ4n) is 8.01.